The minimum atomic E-state index is -0.513. The van der Waals surface area contributed by atoms with Crippen LogP contribution in [0.2, 0.25) is 0 Å². The van der Waals surface area contributed by atoms with Crippen LogP contribution in [-0.2, 0) is 4.79 Å². The molecule has 1 aromatic carbocycles. The van der Waals surface area contributed by atoms with Crippen molar-refractivity contribution >= 4 is 17.5 Å². The molecule has 1 aromatic heterocycles. The van der Waals surface area contributed by atoms with E-state index in [1.807, 2.05) is 11.0 Å². The van der Waals surface area contributed by atoms with Gasteiger partial charge in [0.2, 0.25) is 5.91 Å². The van der Waals surface area contributed by atoms with Crippen molar-refractivity contribution in [3.8, 4) is 0 Å². The van der Waals surface area contributed by atoms with E-state index < -0.39 is 6.10 Å². The van der Waals surface area contributed by atoms with Crippen LogP contribution in [0.1, 0.15) is 72.5 Å². The van der Waals surface area contributed by atoms with Crippen molar-refractivity contribution in [1.29, 1.82) is 0 Å². The molecule has 34 heavy (non-hydrogen) atoms. The number of benzene rings is 1. The third-order valence-corrected chi connectivity index (χ3v) is 7.72. The van der Waals surface area contributed by atoms with Gasteiger partial charge in [-0.15, -0.1) is 0 Å². The molecular weight excluding hydrogens is 428 g/mol. The number of hydrogen-bond donors (Lipinski definition) is 2. The summed E-state index contributed by atoms with van der Waals surface area (Å²) in [6.07, 6.45) is 4.81. The molecule has 2 unspecified atom stereocenters. The van der Waals surface area contributed by atoms with E-state index in [1.165, 1.54) is 11.1 Å². The van der Waals surface area contributed by atoms with Gasteiger partial charge in [-0.2, -0.15) is 0 Å². The summed E-state index contributed by atoms with van der Waals surface area (Å²) in [6.45, 7) is 4.71. The summed E-state index contributed by atoms with van der Waals surface area (Å²) in [6, 6.07) is 12.9. The fraction of sp³-hybridized carbons (Fsp3) is 0.519. The second kappa shape index (κ2) is 9.84. The molecule has 0 saturated carbocycles. The highest BCUT2D eigenvalue weighted by Gasteiger charge is 2.42. The predicted octanol–water partition coefficient (Wildman–Crippen LogP) is 3.37. The topological polar surface area (TPSA) is 85.8 Å². The normalized spacial score (nSPS) is 23.1. The maximum absolute atomic E-state index is 12.8. The van der Waals surface area contributed by atoms with E-state index in [4.69, 9.17) is 0 Å². The molecule has 2 aliphatic heterocycles. The number of anilines is 1. The fourth-order valence-electron chi connectivity index (χ4n) is 5.88. The average Bonchev–Trinajstić information content (AvgIpc) is 3.42. The number of carbonyl (C=O) groups is 2. The number of piperidine rings is 1. The van der Waals surface area contributed by atoms with E-state index in [0.717, 1.165) is 38.9 Å². The van der Waals surface area contributed by atoms with Crippen LogP contribution in [0.15, 0.2) is 42.6 Å². The molecule has 7 nitrogen and oxygen atoms in total. The Morgan fingerprint density at radius 2 is 1.94 bits per heavy atom. The van der Waals surface area contributed by atoms with Gasteiger partial charge in [-0.05, 0) is 54.9 Å². The highest BCUT2D eigenvalue weighted by atomic mass is 16.3. The molecule has 2 fully saturated rings. The summed E-state index contributed by atoms with van der Waals surface area (Å²) in [4.78, 5) is 32.9. The Balaban J connectivity index is 1.10. The number of amides is 1. The lowest BCUT2D eigenvalue weighted by Crippen LogP contribution is -2.41. The summed E-state index contributed by atoms with van der Waals surface area (Å²) >= 11 is 0. The molecule has 5 rings (SSSR count). The van der Waals surface area contributed by atoms with Gasteiger partial charge in [-0.3, -0.25) is 14.5 Å². The van der Waals surface area contributed by atoms with Crippen molar-refractivity contribution in [3.05, 3.63) is 59.3 Å². The molecular formula is C27H34N4O3. The summed E-state index contributed by atoms with van der Waals surface area (Å²) in [5.74, 6) is 1.42. The Hall–Kier alpha value is -2.77. The van der Waals surface area contributed by atoms with E-state index in [1.54, 1.807) is 19.2 Å². The van der Waals surface area contributed by atoms with Crippen molar-refractivity contribution < 1.29 is 14.7 Å². The molecule has 1 amide bonds. The van der Waals surface area contributed by atoms with Gasteiger partial charge in [0.15, 0.2) is 5.78 Å². The zero-order valence-corrected chi connectivity index (χ0v) is 19.8. The number of ketones is 1. The zero-order valence-electron chi connectivity index (χ0n) is 19.8. The number of likely N-dealkylation sites (tertiary alicyclic amines) is 2. The van der Waals surface area contributed by atoms with Gasteiger partial charge in [0.05, 0.1) is 6.10 Å². The Morgan fingerprint density at radius 1 is 1.18 bits per heavy atom. The van der Waals surface area contributed by atoms with Crippen LogP contribution in [-0.4, -0.2) is 69.9 Å². The number of fused-ring (bicyclic) bond motifs is 5. The fourth-order valence-corrected chi connectivity index (χ4v) is 5.88. The number of Topliss-reactive ketones (excluding diaryl/α,β-unsaturated/α-hetero) is 1. The molecule has 3 aliphatic rings. The lowest BCUT2D eigenvalue weighted by atomic mass is 9.98. The van der Waals surface area contributed by atoms with Crippen molar-refractivity contribution in [2.45, 2.75) is 63.1 Å². The van der Waals surface area contributed by atoms with Gasteiger partial charge in [0.25, 0.3) is 0 Å². The second-order valence-electron chi connectivity index (χ2n) is 10.0. The van der Waals surface area contributed by atoms with Gasteiger partial charge in [-0.25, -0.2) is 4.98 Å². The highest BCUT2D eigenvalue weighted by molar-refractivity contribution is 5.96. The number of hydrogen-bond acceptors (Lipinski definition) is 6. The number of β-amino-alcohol motifs (C(OH)–C–C–N with tert-alkyl or cyclic N) is 1. The van der Waals surface area contributed by atoms with Crippen molar-refractivity contribution in [1.82, 2.24) is 14.8 Å². The number of nitrogens with one attached hydrogen (secondary N) is 1. The quantitative estimate of drug-likeness (QED) is 0.585. The van der Waals surface area contributed by atoms with Crippen LogP contribution in [0.25, 0.3) is 0 Å². The van der Waals surface area contributed by atoms with E-state index in [-0.39, 0.29) is 17.7 Å². The Labute approximate surface area is 201 Å². The first kappa shape index (κ1) is 23.0. The van der Waals surface area contributed by atoms with E-state index in [9.17, 15) is 14.7 Å². The number of carbonyl (C=O) groups excluding carboxylic acids is 2. The number of aliphatic hydroxyl groups is 1. The SMILES string of the molecule is CC(=O)N1CCC(Nc2cc(C(=O)CC[C@H](O)CN3CC4CC3c3ccccc34)ccn2)CC1. The Kier molecular flexibility index (Phi) is 6.66. The summed E-state index contributed by atoms with van der Waals surface area (Å²) in [5.41, 5.74) is 3.51. The van der Waals surface area contributed by atoms with Crippen LogP contribution in [0, 0.1) is 0 Å². The van der Waals surface area contributed by atoms with Gasteiger partial charge in [-0.1, -0.05) is 24.3 Å². The maximum Gasteiger partial charge on any atom is 0.219 e. The summed E-state index contributed by atoms with van der Waals surface area (Å²) in [5, 5.41) is 14.1. The van der Waals surface area contributed by atoms with Gasteiger partial charge in [0.1, 0.15) is 5.82 Å². The molecule has 1 aliphatic carbocycles. The summed E-state index contributed by atoms with van der Waals surface area (Å²) < 4.78 is 0. The summed E-state index contributed by atoms with van der Waals surface area (Å²) in [7, 11) is 0. The minimum absolute atomic E-state index is 0.0317. The second-order valence-corrected chi connectivity index (χ2v) is 10.0. The maximum atomic E-state index is 12.8. The lowest BCUT2D eigenvalue weighted by Gasteiger charge is -2.32. The Morgan fingerprint density at radius 3 is 2.71 bits per heavy atom. The first-order valence-corrected chi connectivity index (χ1v) is 12.5. The molecule has 7 heteroatoms. The highest BCUT2D eigenvalue weighted by Crippen LogP contribution is 2.49. The Bertz CT molecular complexity index is 1050. The molecule has 2 N–H and O–H groups in total. The monoisotopic (exact) mass is 462 g/mol. The smallest absolute Gasteiger partial charge is 0.219 e. The van der Waals surface area contributed by atoms with Crippen LogP contribution < -0.4 is 5.32 Å². The third kappa shape index (κ3) is 4.86. The third-order valence-electron chi connectivity index (χ3n) is 7.72. The lowest BCUT2D eigenvalue weighted by molar-refractivity contribution is -0.129. The van der Waals surface area contributed by atoms with Crippen molar-refractivity contribution in [3.63, 3.8) is 0 Å². The molecule has 0 radical (unpaired) electrons. The average molecular weight is 463 g/mol. The number of aliphatic hydroxyl groups excluding tert-OH is 1. The predicted molar refractivity (Wildman–Crippen MR) is 131 cm³/mol. The zero-order chi connectivity index (χ0) is 23.7. The minimum Gasteiger partial charge on any atom is -0.392 e. The van der Waals surface area contributed by atoms with E-state index in [2.05, 4.69) is 39.5 Å². The molecule has 3 heterocycles. The van der Waals surface area contributed by atoms with Crippen LogP contribution in [0.5, 0.6) is 0 Å². The number of pyridine rings is 1. The van der Waals surface area contributed by atoms with Crippen LogP contribution in [0.4, 0.5) is 5.82 Å². The van der Waals surface area contributed by atoms with E-state index in [0.29, 0.717) is 42.7 Å². The van der Waals surface area contributed by atoms with E-state index >= 15 is 0 Å². The first-order chi connectivity index (χ1) is 16.5. The molecule has 2 aromatic rings. The van der Waals surface area contributed by atoms with Gasteiger partial charge >= 0.3 is 0 Å². The molecule has 2 saturated heterocycles. The molecule has 2 bridgehead atoms. The number of nitrogens with zero attached hydrogens (tertiary/aromatic N) is 3. The van der Waals surface area contributed by atoms with Gasteiger partial charge < -0.3 is 15.3 Å². The van der Waals surface area contributed by atoms with Crippen LogP contribution >= 0.6 is 0 Å². The largest absolute Gasteiger partial charge is 0.392 e. The first-order valence-electron chi connectivity index (χ1n) is 12.5. The number of rotatable bonds is 8. The standard InChI is InChI=1S/C27H34N4O3/c1-18(32)30-12-9-21(10-13-30)29-27-15-19(8-11-28-27)26(34)7-6-22(33)17-31-16-20-14-25(31)24-5-3-2-4-23(20)24/h2-5,8,11,15,20-22,25,33H,6-7,9-10,12-14,16-17H2,1H3,(H,28,29)/t20?,22-,25?/m0/s1. The van der Waals surface area contributed by atoms with Crippen molar-refractivity contribution in [2.24, 2.45) is 0 Å². The van der Waals surface area contributed by atoms with Crippen LogP contribution in [0.3, 0.4) is 0 Å². The van der Waals surface area contributed by atoms with Crippen molar-refractivity contribution in [2.75, 3.05) is 31.5 Å². The van der Waals surface area contributed by atoms with Gasteiger partial charge in [0, 0.05) is 63.4 Å². The number of aromatic nitrogens is 1. The molecule has 0 spiro atoms. The molecule has 3 atom stereocenters. The molecule has 180 valence electrons.